The Hall–Kier alpha value is -3.29. The third kappa shape index (κ3) is 4.34. The van der Waals surface area contributed by atoms with Gasteiger partial charge in [-0.2, -0.15) is 0 Å². The number of hydrogen-bond acceptors (Lipinski definition) is 5. The molecule has 1 heterocycles. The normalized spacial score (nSPS) is 9.78. The number of carbonyl (C=O) groups is 2. The van der Waals surface area contributed by atoms with Crippen molar-refractivity contribution in [1.29, 1.82) is 0 Å². The highest BCUT2D eigenvalue weighted by Gasteiger charge is 2.11. The maximum atomic E-state index is 11.7. The zero-order chi connectivity index (χ0) is 16.7. The van der Waals surface area contributed by atoms with E-state index in [0.717, 1.165) is 0 Å². The van der Waals surface area contributed by atoms with Gasteiger partial charge in [0.25, 0.3) is 17.4 Å². The number of nitrogens with one attached hydrogen (secondary N) is 3. The molecule has 3 N–H and O–H groups in total. The molecule has 2 rings (SSSR count). The fourth-order valence-electron chi connectivity index (χ4n) is 1.71. The first-order valence-corrected chi connectivity index (χ1v) is 6.64. The molecule has 0 aliphatic heterocycles. The SMILES string of the molecule is COc1ccccc1OCC(=O)NNC(=O)c1ccc[nH]c1=O. The molecule has 0 bridgehead atoms. The maximum absolute atomic E-state index is 11.7. The molecule has 0 fully saturated rings. The Bertz CT molecular complexity index is 757. The summed E-state index contributed by atoms with van der Waals surface area (Å²) in [5, 5.41) is 0. The van der Waals surface area contributed by atoms with Crippen LogP contribution in [-0.2, 0) is 4.79 Å². The average molecular weight is 317 g/mol. The van der Waals surface area contributed by atoms with Crippen molar-refractivity contribution in [3.8, 4) is 11.5 Å². The molecule has 23 heavy (non-hydrogen) atoms. The second-order valence-electron chi connectivity index (χ2n) is 4.35. The molecule has 0 saturated heterocycles. The molecule has 0 aliphatic rings. The minimum Gasteiger partial charge on any atom is -0.493 e. The maximum Gasteiger partial charge on any atom is 0.276 e. The van der Waals surface area contributed by atoms with E-state index >= 15 is 0 Å². The van der Waals surface area contributed by atoms with Crippen LogP contribution in [0.5, 0.6) is 11.5 Å². The first kappa shape index (κ1) is 16.1. The Kier molecular flexibility index (Phi) is 5.35. The molecule has 0 atom stereocenters. The fourth-order valence-corrected chi connectivity index (χ4v) is 1.71. The van der Waals surface area contributed by atoms with Crippen LogP contribution < -0.4 is 25.9 Å². The van der Waals surface area contributed by atoms with Gasteiger partial charge in [-0.05, 0) is 24.3 Å². The van der Waals surface area contributed by atoms with E-state index in [1.54, 1.807) is 24.3 Å². The predicted octanol–water partition coefficient (Wildman–Crippen LogP) is 0.223. The molecule has 0 unspecified atom stereocenters. The van der Waals surface area contributed by atoms with Crippen LogP contribution >= 0.6 is 0 Å². The monoisotopic (exact) mass is 317 g/mol. The number of para-hydroxylation sites is 2. The summed E-state index contributed by atoms with van der Waals surface area (Å²) < 4.78 is 10.4. The quantitative estimate of drug-likeness (QED) is 0.684. The molecule has 0 aliphatic carbocycles. The van der Waals surface area contributed by atoms with E-state index in [0.29, 0.717) is 11.5 Å². The van der Waals surface area contributed by atoms with E-state index in [1.807, 2.05) is 0 Å². The lowest BCUT2D eigenvalue weighted by molar-refractivity contribution is -0.123. The molecule has 0 saturated carbocycles. The van der Waals surface area contributed by atoms with Crippen molar-refractivity contribution >= 4 is 11.8 Å². The van der Waals surface area contributed by atoms with Crippen LogP contribution in [0.4, 0.5) is 0 Å². The van der Waals surface area contributed by atoms with E-state index in [-0.39, 0.29) is 12.2 Å². The Morgan fingerprint density at radius 1 is 1.09 bits per heavy atom. The summed E-state index contributed by atoms with van der Waals surface area (Å²) >= 11 is 0. The number of pyridine rings is 1. The number of hydrogen-bond donors (Lipinski definition) is 3. The second kappa shape index (κ2) is 7.64. The van der Waals surface area contributed by atoms with Crippen LogP contribution in [0.2, 0.25) is 0 Å². The number of carbonyl (C=O) groups excluding carboxylic acids is 2. The fraction of sp³-hybridized carbons (Fsp3) is 0.133. The van der Waals surface area contributed by atoms with Crippen LogP contribution in [0.15, 0.2) is 47.4 Å². The molecule has 2 aromatic rings. The van der Waals surface area contributed by atoms with E-state index in [4.69, 9.17) is 9.47 Å². The number of aromatic nitrogens is 1. The van der Waals surface area contributed by atoms with Gasteiger partial charge in [0.05, 0.1) is 7.11 Å². The van der Waals surface area contributed by atoms with Crippen molar-refractivity contribution in [1.82, 2.24) is 15.8 Å². The van der Waals surface area contributed by atoms with Gasteiger partial charge in [-0.25, -0.2) is 0 Å². The van der Waals surface area contributed by atoms with Crippen molar-refractivity contribution in [2.75, 3.05) is 13.7 Å². The van der Waals surface area contributed by atoms with Crippen molar-refractivity contribution in [3.05, 3.63) is 58.5 Å². The predicted molar refractivity (Wildman–Crippen MR) is 81.2 cm³/mol. The standard InChI is InChI=1S/C15H15N3O5/c1-22-11-6-2-3-7-12(11)23-9-13(19)17-18-15(21)10-5-4-8-16-14(10)20/h2-8H,9H2,1H3,(H,16,20)(H,17,19)(H,18,21). The molecule has 0 radical (unpaired) electrons. The molecular weight excluding hydrogens is 302 g/mol. The second-order valence-corrected chi connectivity index (χ2v) is 4.35. The van der Waals surface area contributed by atoms with Crippen LogP contribution in [0.25, 0.3) is 0 Å². The van der Waals surface area contributed by atoms with E-state index in [9.17, 15) is 14.4 Å². The Labute approximate surface area is 131 Å². The summed E-state index contributed by atoms with van der Waals surface area (Å²) in [4.78, 5) is 37.2. The molecule has 1 aromatic heterocycles. The largest absolute Gasteiger partial charge is 0.493 e. The highest BCUT2D eigenvalue weighted by atomic mass is 16.5. The first-order chi connectivity index (χ1) is 11.1. The summed E-state index contributed by atoms with van der Waals surface area (Å²) in [6.07, 6.45) is 1.40. The van der Waals surface area contributed by atoms with Gasteiger partial charge in [-0.15, -0.1) is 0 Å². The molecule has 120 valence electrons. The van der Waals surface area contributed by atoms with Crippen LogP contribution in [0, 0.1) is 0 Å². The van der Waals surface area contributed by atoms with Crippen molar-refractivity contribution < 1.29 is 19.1 Å². The van der Waals surface area contributed by atoms with Crippen LogP contribution in [0.3, 0.4) is 0 Å². The van der Waals surface area contributed by atoms with Gasteiger partial charge in [0.2, 0.25) is 0 Å². The van der Waals surface area contributed by atoms with Crippen LogP contribution in [0.1, 0.15) is 10.4 Å². The zero-order valence-electron chi connectivity index (χ0n) is 12.3. The lowest BCUT2D eigenvalue weighted by Crippen LogP contribution is -2.45. The van der Waals surface area contributed by atoms with Gasteiger partial charge in [0.1, 0.15) is 5.56 Å². The van der Waals surface area contributed by atoms with Crippen molar-refractivity contribution in [2.24, 2.45) is 0 Å². The number of hydrazine groups is 1. The average Bonchev–Trinajstić information content (AvgIpc) is 2.58. The Morgan fingerprint density at radius 2 is 1.83 bits per heavy atom. The number of ether oxygens (including phenoxy) is 2. The molecule has 0 spiro atoms. The summed E-state index contributed by atoms with van der Waals surface area (Å²) in [5.74, 6) is -0.426. The van der Waals surface area contributed by atoms with Gasteiger partial charge < -0.3 is 14.5 Å². The van der Waals surface area contributed by atoms with E-state index < -0.39 is 17.4 Å². The van der Waals surface area contributed by atoms with Gasteiger partial charge in [-0.3, -0.25) is 25.2 Å². The molecule has 8 nitrogen and oxygen atoms in total. The number of H-pyrrole nitrogens is 1. The topological polar surface area (TPSA) is 110 Å². The number of methoxy groups -OCH3 is 1. The molecule has 8 heteroatoms. The Morgan fingerprint density at radius 3 is 2.52 bits per heavy atom. The lowest BCUT2D eigenvalue weighted by Gasteiger charge is -2.10. The number of rotatable bonds is 5. The number of benzene rings is 1. The smallest absolute Gasteiger partial charge is 0.276 e. The lowest BCUT2D eigenvalue weighted by atomic mass is 10.3. The highest BCUT2D eigenvalue weighted by Crippen LogP contribution is 2.25. The summed E-state index contributed by atoms with van der Waals surface area (Å²) in [7, 11) is 1.49. The first-order valence-electron chi connectivity index (χ1n) is 6.64. The molecule has 2 amide bonds. The minimum absolute atomic E-state index is 0.113. The number of amides is 2. The van der Waals surface area contributed by atoms with E-state index in [1.165, 1.54) is 25.4 Å². The highest BCUT2D eigenvalue weighted by molar-refractivity contribution is 5.95. The third-order valence-electron chi connectivity index (χ3n) is 2.81. The number of aromatic amines is 1. The van der Waals surface area contributed by atoms with E-state index in [2.05, 4.69) is 15.8 Å². The summed E-state index contributed by atoms with van der Waals surface area (Å²) in [5.41, 5.74) is 3.63. The van der Waals surface area contributed by atoms with Crippen LogP contribution in [-0.4, -0.2) is 30.5 Å². The van der Waals surface area contributed by atoms with Gasteiger partial charge in [0, 0.05) is 6.20 Å². The summed E-state index contributed by atoms with van der Waals surface area (Å²) in [6.45, 7) is -0.328. The summed E-state index contributed by atoms with van der Waals surface area (Å²) in [6, 6.07) is 9.68. The Balaban J connectivity index is 1.85. The zero-order valence-corrected chi connectivity index (χ0v) is 12.3. The van der Waals surface area contributed by atoms with Gasteiger partial charge in [-0.1, -0.05) is 12.1 Å². The van der Waals surface area contributed by atoms with Gasteiger partial charge in [0.15, 0.2) is 18.1 Å². The molecule has 1 aromatic carbocycles. The van der Waals surface area contributed by atoms with Crippen molar-refractivity contribution in [3.63, 3.8) is 0 Å². The molecular formula is C15H15N3O5. The van der Waals surface area contributed by atoms with Gasteiger partial charge >= 0.3 is 0 Å². The third-order valence-corrected chi connectivity index (χ3v) is 2.81. The minimum atomic E-state index is -0.725. The van der Waals surface area contributed by atoms with Crippen molar-refractivity contribution in [2.45, 2.75) is 0 Å².